The van der Waals surface area contributed by atoms with Crippen LogP contribution >= 0.6 is 0 Å². The molecule has 0 radical (unpaired) electrons. The Balaban J connectivity index is 1.63. The van der Waals surface area contributed by atoms with Crippen molar-refractivity contribution in [3.63, 3.8) is 0 Å². The van der Waals surface area contributed by atoms with E-state index in [9.17, 15) is 19.2 Å². The number of anilines is 2. The summed E-state index contributed by atoms with van der Waals surface area (Å²) in [6, 6.07) is 14.0. The van der Waals surface area contributed by atoms with Crippen LogP contribution in [-0.4, -0.2) is 23.6 Å². The lowest BCUT2D eigenvalue weighted by Crippen LogP contribution is -2.29. The fourth-order valence-electron chi connectivity index (χ4n) is 2.94. The average Bonchev–Trinajstić information content (AvgIpc) is 3.16. The molecule has 0 bridgehead atoms. The summed E-state index contributed by atoms with van der Waals surface area (Å²) in [4.78, 5) is 49.3. The first-order valence-electron chi connectivity index (χ1n) is 7.87. The van der Waals surface area contributed by atoms with Crippen molar-refractivity contribution in [2.75, 3.05) is 9.80 Å². The summed E-state index contributed by atoms with van der Waals surface area (Å²) < 4.78 is 0. The summed E-state index contributed by atoms with van der Waals surface area (Å²) in [6.07, 6.45) is 4.94. The highest BCUT2D eigenvalue weighted by Crippen LogP contribution is 2.28. The second kappa shape index (κ2) is 5.93. The van der Waals surface area contributed by atoms with Gasteiger partial charge in [-0.1, -0.05) is 24.3 Å². The summed E-state index contributed by atoms with van der Waals surface area (Å²) in [5, 5.41) is 0. The normalized spacial score (nSPS) is 16.3. The molecule has 0 aromatic heterocycles. The molecule has 26 heavy (non-hydrogen) atoms. The number of carbonyl (C=O) groups is 4. The van der Waals surface area contributed by atoms with Crippen molar-refractivity contribution < 1.29 is 19.2 Å². The molecule has 4 amide bonds. The van der Waals surface area contributed by atoms with Crippen LogP contribution in [-0.2, 0) is 19.2 Å². The van der Waals surface area contributed by atoms with Crippen LogP contribution in [0.4, 0.5) is 11.4 Å². The standard InChI is InChI=1S/C20H12N2O4/c23-17-8-9-18(24)21(17)15-6-4-13(5-7-15)14-2-1-3-16(12-14)22-19(25)10-11-20(22)26/h1-12H. The number of hydrogen-bond acceptors (Lipinski definition) is 4. The minimum atomic E-state index is -0.374. The first-order valence-corrected chi connectivity index (χ1v) is 7.87. The monoisotopic (exact) mass is 344 g/mol. The fourth-order valence-corrected chi connectivity index (χ4v) is 2.94. The van der Waals surface area contributed by atoms with Gasteiger partial charge in [0, 0.05) is 24.3 Å². The third kappa shape index (κ3) is 2.53. The number of amides is 4. The van der Waals surface area contributed by atoms with Crippen LogP contribution in [0.15, 0.2) is 72.8 Å². The predicted molar refractivity (Wildman–Crippen MR) is 95.1 cm³/mol. The SMILES string of the molecule is O=C1C=CC(=O)N1c1ccc(-c2cccc(N3C(=O)C=CC3=O)c2)cc1. The number of benzene rings is 2. The van der Waals surface area contributed by atoms with Crippen LogP contribution < -0.4 is 9.80 Å². The lowest BCUT2D eigenvalue weighted by atomic mass is 10.0. The van der Waals surface area contributed by atoms with Gasteiger partial charge in [0.1, 0.15) is 0 Å². The van der Waals surface area contributed by atoms with Crippen molar-refractivity contribution in [3.05, 3.63) is 72.8 Å². The summed E-state index contributed by atoms with van der Waals surface area (Å²) in [7, 11) is 0. The summed E-state index contributed by atoms with van der Waals surface area (Å²) in [6.45, 7) is 0. The van der Waals surface area contributed by atoms with Crippen LogP contribution in [0.2, 0.25) is 0 Å². The van der Waals surface area contributed by atoms with E-state index < -0.39 is 0 Å². The average molecular weight is 344 g/mol. The quantitative estimate of drug-likeness (QED) is 0.800. The molecule has 126 valence electrons. The Hall–Kier alpha value is -3.80. The molecule has 6 heteroatoms. The van der Waals surface area contributed by atoms with E-state index in [0.717, 1.165) is 20.9 Å². The molecule has 2 aliphatic heterocycles. The molecule has 0 atom stereocenters. The third-order valence-corrected chi connectivity index (χ3v) is 4.18. The van der Waals surface area contributed by atoms with Gasteiger partial charge in [-0.3, -0.25) is 19.2 Å². The lowest BCUT2D eigenvalue weighted by molar-refractivity contribution is -0.121. The van der Waals surface area contributed by atoms with E-state index >= 15 is 0 Å². The zero-order valence-electron chi connectivity index (χ0n) is 13.5. The second-order valence-electron chi connectivity index (χ2n) is 5.79. The molecule has 2 aromatic rings. The Morgan fingerprint density at radius 2 is 1.00 bits per heavy atom. The maximum Gasteiger partial charge on any atom is 0.258 e. The Labute approximate surface area is 148 Å². The Morgan fingerprint density at radius 3 is 1.54 bits per heavy atom. The van der Waals surface area contributed by atoms with Crippen molar-refractivity contribution >= 4 is 35.0 Å². The molecule has 0 fully saturated rings. The van der Waals surface area contributed by atoms with Gasteiger partial charge in [0.05, 0.1) is 11.4 Å². The molecule has 0 unspecified atom stereocenters. The zero-order valence-corrected chi connectivity index (χ0v) is 13.5. The molecule has 4 rings (SSSR count). The van der Waals surface area contributed by atoms with Gasteiger partial charge in [-0.05, 0) is 35.4 Å². The summed E-state index contributed by atoms with van der Waals surface area (Å²) >= 11 is 0. The first-order chi connectivity index (χ1) is 12.5. The molecular weight excluding hydrogens is 332 g/mol. The van der Waals surface area contributed by atoms with Crippen molar-refractivity contribution in [1.82, 2.24) is 0 Å². The van der Waals surface area contributed by atoms with Crippen LogP contribution in [0.25, 0.3) is 11.1 Å². The van der Waals surface area contributed by atoms with Gasteiger partial charge < -0.3 is 0 Å². The van der Waals surface area contributed by atoms with Crippen LogP contribution in [0.3, 0.4) is 0 Å². The Kier molecular flexibility index (Phi) is 3.58. The van der Waals surface area contributed by atoms with Crippen molar-refractivity contribution in [1.29, 1.82) is 0 Å². The largest absolute Gasteiger partial charge is 0.269 e. The summed E-state index contributed by atoms with van der Waals surface area (Å²) in [5.74, 6) is -1.49. The summed E-state index contributed by atoms with van der Waals surface area (Å²) in [5.41, 5.74) is 2.60. The van der Waals surface area contributed by atoms with Gasteiger partial charge in [-0.15, -0.1) is 0 Å². The molecule has 0 spiro atoms. The topological polar surface area (TPSA) is 74.8 Å². The molecule has 0 saturated heterocycles. The number of rotatable bonds is 3. The molecule has 2 aliphatic rings. The van der Waals surface area contributed by atoms with E-state index in [0.29, 0.717) is 11.4 Å². The maximum absolute atomic E-state index is 11.8. The van der Waals surface area contributed by atoms with E-state index in [1.807, 2.05) is 6.07 Å². The van der Waals surface area contributed by atoms with Crippen LogP contribution in [0.5, 0.6) is 0 Å². The van der Waals surface area contributed by atoms with Gasteiger partial charge in [-0.2, -0.15) is 0 Å². The van der Waals surface area contributed by atoms with Crippen molar-refractivity contribution in [3.8, 4) is 11.1 Å². The van der Waals surface area contributed by atoms with Gasteiger partial charge in [-0.25, -0.2) is 9.80 Å². The minimum absolute atomic E-state index is 0.372. The van der Waals surface area contributed by atoms with E-state index in [1.165, 1.54) is 24.3 Å². The second-order valence-corrected chi connectivity index (χ2v) is 5.79. The molecule has 0 N–H and O–H groups in total. The Bertz CT molecular complexity index is 982. The molecule has 6 nitrogen and oxygen atoms in total. The minimum Gasteiger partial charge on any atom is -0.269 e. The highest BCUT2D eigenvalue weighted by molar-refractivity contribution is 6.28. The van der Waals surface area contributed by atoms with E-state index in [4.69, 9.17) is 0 Å². The van der Waals surface area contributed by atoms with E-state index in [2.05, 4.69) is 0 Å². The molecule has 0 saturated carbocycles. The highest BCUT2D eigenvalue weighted by atomic mass is 16.2. The Morgan fingerprint density at radius 1 is 0.500 bits per heavy atom. The smallest absolute Gasteiger partial charge is 0.258 e. The molecule has 0 aliphatic carbocycles. The fraction of sp³-hybridized carbons (Fsp3) is 0. The predicted octanol–water partition coefficient (Wildman–Crippen LogP) is 2.21. The van der Waals surface area contributed by atoms with Gasteiger partial charge in [0.25, 0.3) is 23.6 Å². The van der Waals surface area contributed by atoms with Crippen molar-refractivity contribution in [2.24, 2.45) is 0 Å². The molecular formula is C20H12N2O4. The first kappa shape index (κ1) is 15.7. The van der Waals surface area contributed by atoms with Gasteiger partial charge in [0.15, 0.2) is 0 Å². The molecule has 2 heterocycles. The van der Waals surface area contributed by atoms with Gasteiger partial charge in [0.2, 0.25) is 0 Å². The van der Waals surface area contributed by atoms with Crippen LogP contribution in [0, 0.1) is 0 Å². The third-order valence-electron chi connectivity index (χ3n) is 4.18. The number of imide groups is 2. The van der Waals surface area contributed by atoms with Crippen molar-refractivity contribution in [2.45, 2.75) is 0 Å². The maximum atomic E-state index is 11.8. The molecule has 2 aromatic carbocycles. The highest BCUT2D eigenvalue weighted by Gasteiger charge is 2.26. The lowest BCUT2D eigenvalue weighted by Gasteiger charge is -2.16. The van der Waals surface area contributed by atoms with E-state index in [1.54, 1.807) is 42.5 Å². The number of carbonyl (C=O) groups excluding carboxylic acids is 4. The van der Waals surface area contributed by atoms with Crippen LogP contribution in [0.1, 0.15) is 0 Å². The number of nitrogens with zero attached hydrogens (tertiary/aromatic N) is 2. The zero-order chi connectivity index (χ0) is 18.3. The number of hydrogen-bond donors (Lipinski definition) is 0. The van der Waals surface area contributed by atoms with Gasteiger partial charge >= 0.3 is 0 Å². The van der Waals surface area contributed by atoms with E-state index in [-0.39, 0.29) is 23.6 Å².